The van der Waals surface area contributed by atoms with Crippen LogP contribution in [0.1, 0.15) is 39.0 Å². The quantitative estimate of drug-likeness (QED) is 0.863. The molecular weight excluding hydrogens is 275 g/mol. The van der Waals surface area contributed by atoms with E-state index < -0.39 is 5.97 Å². The molecule has 2 rings (SSSR count). The van der Waals surface area contributed by atoms with Gasteiger partial charge in [0.05, 0.1) is 5.92 Å². The van der Waals surface area contributed by atoms with Gasteiger partial charge in [0.25, 0.3) is 0 Å². The van der Waals surface area contributed by atoms with Gasteiger partial charge in [-0.3, -0.25) is 4.79 Å². The van der Waals surface area contributed by atoms with E-state index in [1.54, 1.807) is 6.07 Å². The van der Waals surface area contributed by atoms with Crippen LogP contribution < -0.4 is 0 Å². The van der Waals surface area contributed by atoms with Crippen LogP contribution in [0, 0.1) is 17.7 Å². The number of hydrogen-bond donors (Lipinski definition) is 1. The molecule has 0 bridgehead atoms. The topological polar surface area (TPSA) is 37.3 Å². The smallest absolute Gasteiger partial charge is 0.307 e. The summed E-state index contributed by atoms with van der Waals surface area (Å²) in [6.45, 7) is 2.16. The van der Waals surface area contributed by atoms with Crippen molar-refractivity contribution in [2.24, 2.45) is 11.8 Å². The van der Waals surface area contributed by atoms with E-state index in [9.17, 15) is 14.3 Å². The molecule has 110 valence electrons. The number of aliphatic carboxylic acids is 1. The van der Waals surface area contributed by atoms with Crippen molar-refractivity contribution in [1.82, 2.24) is 0 Å². The summed E-state index contributed by atoms with van der Waals surface area (Å²) in [7, 11) is 0. The van der Waals surface area contributed by atoms with Crippen molar-refractivity contribution in [3.05, 3.63) is 30.1 Å². The minimum atomic E-state index is -0.714. The number of hydrogen-bond acceptors (Lipinski definition) is 2. The van der Waals surface area contributed by atoms with Crippen molar-refractivity contribution in [3.8, 4) is 0 Å². The zero-order chi connectivity index (χ0) is 14.5. The number of thioether (sulfide) groups is 1. The van der Waals surface area contributed by atoms with Crippen LogP contribution in [0.3, 0.4) is 0 Å². The summed E-state index contributed by atoms with van der Waals surface area (Å²) in [6.07, 6.45) is 4.97. The molecule has 0 amide bonds. The largest absolute Gasteiger partial charge is 0.481 e. The van der Waals surface area contributed by atoms with Gasteiger partial charge >= 0.3 is 5.97 Å². The van der Waals surface area contributed by atoms with E-state index in [1.807, 2.05) is 6.07 Å². The van der Waals surface area contributed by atoms with E-state index in [0.717, 1.165) is 37.0 Å². The van der Waals surface area contributed by atoms with Crippen LogP contribution in [-0.4, -0.2) is 16.3 Å². The van der Waals surface area contributed by atoms with Gasteiger partial charge in [0.15, 0.2) is 0 Å². The Morgan fingerprint density at radius 3 is 2.90 bits per heavy atom. The lowest BCUT2D eigenvalue weighted by atomic mass is 9.80. The number of rotatable bonds is 5. The van der Waals surface area contributed by atoms with Crippen LogP contribution in [0.25, 0.3) is 0 Å². The Kier molecular flexibility index (Phi) is 5.46. The van der Waals surface area contributed by atoms with Gasteiger partial charge in [0.1, 0.15) is 5.82 Å². The third-order valence-electron chi connectivity index (χ3n) is 4.00. The maximum atomic E-state index is 13.2. The first kappa shape index (κ1) is 15.4. The standard InChI is InChI=1S/C16H21FO2S/c1-2-4-11-7-8-14(16(18)19)15(9-11)20-13-6-3-5-12(17)10-13/h3,5-6,10-11,14-15H,2,4,7-9H2,1H3,(H,18,19). The molecule has 1 aliphatic carbocycles. The van der Waals surface area contributed by atoms with Gasteiger partial charge in [0.2, 0.25) is 0 Å². The first-order valence-corrected chi connectivity index (χ1v) is 8.13. The predicted molar refractivity (Wildman–Crippen MR) is 79.4 cm³/mol. The fourth-order valence-corrected chi connectivity index (χ4v) is 4.48. The molecule has 0 saturated heterocycles. The lowest BCUT2D eigenvalue weighted by molar-refractivity contribution is -0.142. The van der Waals surface area contributed by atoms with Gasteiger partial charge in [-0.05, 0) is 43.4 Å². The van der Waals surface area contributed by atoms with Crippen molar-refractivity contribution in [1.29, 1.82) is 0 Å². The maximum absolute atomic E-state index is 13.2. The van der Waals surface area contributed by atoms with Gasteiger partial charge in [-0.25, -0.2) is 4.39 Å². The lowest BCUT2D eigenvalue weighted by Gasteiger charge is -2.33. The van der Waals surface area contributed by atoms with Gasteiger partial charge < -0.3 is 5.11 Å². The molecule has 1 saturated carbocycles. The van der Waals surface area contributed by atoms with E-state index in [4.69, 9.17) is 0 Å². The highest BCUT2D eigenvalue weighted by Gasteiger charge is 2.35. The average Bonchev–Trinajstić information content (AvgIpc) is 2.39. The van der Waals surface area contributed by atoms with Crippen molar-refractivity contribution in [3.63, 3.8) is 0 Å². The zero-order valence-corrected chi connectivity index (χ0v) is 12.5. The van der Waals surface area contributed by atoms with Crippen LogP contribution in [0.15, 0.2) is 29.2 Å². The highest BCUT2D eigenvalue weighted by Crippen LogP contribution is 2.41. The molecule has 0 spiro atoms. The molecule has 1 fully saturated rings. The van der Waals surface area contributed by atoms with Crippen LogP contribution >= 0.6 is 11.8 Å². The summed E-state index contributed by atoms with van der Waals surface area (Å²) in [5.74, 6) is -0.672. The predicted octanol–water partition coefficient (Wildman–Crippen LogP) is 4.59. The van der Waals surface area contributed by atoms with Crippen molar-refractivity contribution in [2.45, 2.75) is 49.2 Å². The molecule has 0 radical (unpaired) electrons. The second-order valence-electron chi connectivity index (χ2n) is 5.53. The van der Waals surface area contributed by atoms with Crippen molar-refractivity contribution < 1.29 is 14.3 Å². The summed E-state index contributed by atoms with van der Waals surface area (Å²) in [6, 6.07) is 6.45. The molecule has 20 heavy (non-hydrogen) atoms. The van der Waals surface area contributed by atoms with E-state index in [2.05, 4.69) is 6.92 Å². The minimum Gasteiger partial charge on any atom is -0.481 e. The number of carboxylic acids is 1. The monoisotopic (exact) mass is 296 g/mol. The Bertz CT molecular complexity index is 464. The molecule has 1 N–H and O–H groups in total. The molecule has 1 aromatic rings. The van der Waals surface area contributed by atoms with Gasteiger partial charge in [-0.2, -0.15) is 0 Å². The summed E-state index contributed by atoms with van der Waals surface area (Å²) in [5, 5.41) is 9.43. The second-order valence-corrected chi connectivity index (χ2v) is 6.84. The maximum Gasteiger partial charge on any atom is 0.307 e. The van der Waals surface area contributed by atoms with E-state index in [1.165, 1.54) is 23.9 Å². The van der Waals surface area contributed by atoms with Crippen molar-refractivity contribution in [2.75, 3.05) is 0 Å². The van der Waals surface area contributed by atoms with E-state index in [-0.39, 0.29) is 17.0 Å². The summed E-state index contributed by atoms with van der Waals surface area (Å²) in [4.78, 5) is 12.2. The molecule has 0 aromatic heterocycles. The molecule has 3 atom stereocenters. The third kappa shape index (κ3) is 3.98. The molecule has 1 aromatic carbocycles. The SMILES string of the molecule is CCCC1CCC(C(=O)O)C(Sc2cccc(F)c2)C1. The van der Waals surface area contributed by atoms with Crippen LogP contribution in [-0.2, 0) is 4.79 Å². The van der Waals surface area contributed by atoms with E-state index in [0.29, 0.717) is 5.92 Å². The van der Waals surface area contributed by atoms with Crippen molar-refractivity contribution >= 4 is 17.7 Å². The first-order valence-electron chi connectivity index (χ1n) is 7.25. The fourth-order valence-electron chi connectivity index (χ4n) is 3.01. The fraction of sp³-hybridized carbons (Fsp3) is 0.562. The van der Waals surface area contributed by atoms with Crippen LogP contribution in [0.4, 0.5) is 4.39 Å². The number of carbonyl (C=O) groups is 1. The van der Waals surface area contributed by atoms with Crippen LogP contribution in [0.2, 0.25) is 0 Å². The summed E-state index contributed by atoms with van der Waals surface area (Å²) >= 11 is 1.52. The lowest BCUT2D eigenvalue weighted by Crippen LogP contribution is -2.32. The summed E-state index contributed by atoms with van der Waals surface area (Å²) < 4.78 is 13.2. The Morgan fingerprint density at radius 2 is 2.25 bits per heavy atom. The number of halogens is 1. The Morgan fingerprint density at radius 1 is 1.45 bits per heavy atom. The summed E-state index contributed by atoms with van der Waals surface area (Å²) in [5.41, 5.74) is 0. The molecule has 3 unspecified atom stereocenters. The van der Waals surface area contributed by atoms with E-state index >= 15 is 0 Å². The molecule has 1 aliphatic rings. The van der Waals surface area contributed by atoms with Gasteiger partial charge in [-0.1, -0.05) is 25.8 Å². The first-order chi connectivity index (χ1) is 9.60. The minimum absolute atomic E-state index is 0.0552. The third-order valence-corrected chi connectivity index (χ3v) is 5.35. The molecule has 2 nitrogen and oxygen atoms in total. The highest BCUT2D eigenvalue weighted by atomic mass is 32.2. The van der Waals surface area contributed by atoms with Gasteiger partial charge in [-0.15, -0.1) is 11.8 Å². The molecule has 0 aliphatic heterocycles. The Labute approximate surface area is 123 Å². The van der Waals surface area contributed by atoms with Gasteiger partial charge in [0, 0.05) is 10.1 Å². The van der Waals surface area contributed by atoms with Crippen LogP contribution in [0.5, 0.6) is 0 Å². The highest BCUT2D eigenvalue weighted by molar-refractivity contribution is 8.00. The number of carboxylic acid groups (broad SMARTS) is 1. The molecule has 4 heteroatoms. The average molecular weight is 296 g/mol. The number of benzene rings is 1. The zero-order valence-electron chi connectivity index (χ0n) is 11.7. The normalized spacial score (nSPS) is 26.4. The molecular formula is C16H21FO2S. The molecule has 0 heterocycles. The Balaban J connectivity index is 2.08. The Hall–Kier alpha value is -1.03. The second kappa shape index (κ2) is 7.11.